The molecule has 2 heteroatoms. The van der Waals surface area contributed by atoms with Gasteiger partial charge >= 0.3 is 0 Å². The van der Waals surface area contributed by atoms with Gasteiger partial charge in [-0.3, -0.25) is 4.79 Å². The summed E-state index contributed by atoms with van der Waals surface area (Å²) in [5.41, 5.74) is -0.370. The zero-order valence-corrected chi connectivity index (χ0v) is 7.96. The number of Topliss-reactive ketones (excluding diaryl/α,β-unsaturated/α-hetero) is 1. The van der Waals surface area contributed by atoms with E-state index in [1.165, 1.54) is 0 Å². The molecule has 1 unspecified atom stereocenters. The number of carbonyl (C=O) groups is 1. The van der Waals surface area contributed by atoms with E-state index in [1.807, 2.05) is 6.92 Å². The highest BCUT2D eigenvalue weighted by molar-refractivity contribution is 5.91. The molecule has 2 rings (SSSR count). The van der Waals surface area contributed by atoms with Crippen LogP contribution < -0.4 is 0 Å². The summed E-state index contributed by atoms with van der Waals surface area (Å²) < 4.78 is 5.41. The lowest BCUT2D eigenvalue weighted by Crippen LogP contribution is -2.33. The van der Waals surface area contributed by atoms with Crippen LogP contribution in [0.4, 0.5) is 0 Å². The Kier molecular flexibility index (Phi) is 1.59. The highest BCUT2D eigenvalue weighted by Gasteiger charge is 2.61. The fraction of sp³-hybridized carbons (Fsp3) is 0.900. The predicted molar refractivity (Wildman–Crippen MR) is 45.8 cm³/mol. The number of carbonyl (C=O) groups excluding carboxylic acids is 1. The number of ketones is 1. The van der Waals surface area contributed by atoms with Crippen molar-refractivity contribution in [2.24, 2.45) is 11.8 Å². The monoisotopic (exact) mass is 168 g/mol. The summed E-state index contributed by atoms with van der Waals surface area (Å²) in [5, 5.41) is 0. The molecule has 0 radical (unpaired) electrons. The Hall–Kier alpha value is -0.370. The molecule has 12 heavy (non-hydrogen) atoms. The molecular formula is C10H16O2. The lowest BCUT2D eigenvalue weighted by atomic mass is 9.77. The summed E-state index contributed by atoms with van der Waals surface area (Å²) in [6.07, 6.45) is 2.05. The molecule has 0 aromatic rings. The molecule has 0 spiro atoms. The third-order valence-electron chi connectivity index (χ3n) is 3.41. The number of epoxide rings is 1. The Labute approximate surface area is 73.3 Å². The van der Waals surface area contributed by atoms with Crippen LogP contribution in [0.25, 0.3) is 0 Å². The van der Waals surface area contributed by atoms with Gasteiger partial charge in [-0.15, -0.1) is 0 Å². The minimum Gasteiger partial charge on any atom is -0.358 e. The van der Waals surface area contributed by atoms with Crippen molar-refractivity contribution in [2.75, 3.05) is 0 Å². The lowest BCUT2D eigenvalue weighted by molar-refractivity contribution is -0.125. The van der Waals surface area contributed by atoms with Crippen LogP contribution in [0.1, 0.15) is 33.6 Å². The van der Waals surface area contributed by atoms with E-state index in [9.17, 15) is 4.79 Å². The Morgan fingerprint density at radius 1 is 1.58 bits per heavy atom. The standard InChI is InChI=1S/C10H16O2/c1-6(2)7-4-8(11)10(3)9(5-7)12-10/h6-7,9H,4-5H2,1-3H3/t7-,9?,10+/m1/s1. The summed E-state index contributed by atoms with van der Waals surface area (Å²) in [7, 11) is 0. The number of ether oxygens (including phenoxy) is 1. The van der Waals surface area contributed by atoms with E-state index in [0.29, 0.717) is 17.6 Å². The van der Waals surface area contributed by atoms with Gasteiger partial charge in [0.2, 0.25) is 0 Å². The number of rotatable bonds is 1. The minimum absolute atomic E-state index is 0.242. The van der Waals surface area contributed by atoms with Crippen LogP contribution in [0.15, 0.2) is 0 Å². The maximum atomic E-state index is 11.5. The molecule has 1 saturated heterocycles. The van der Waals surface area contributed by atoms with Crippen molar-refractivity contribution >= 4 is 5.78 Å². The predicted octanol–water partition coefficient (Wildman–Crippen LogP) is 1.78. The van der Waals surface area contributed by atoms with Crippen LogP contribution in [0, 0.1) is 11.8 Å². The second-order valence-corrected chi connectivity index (χ2v) is 4.58. The molecule has 0 aromatic carbocycles. The average Bonchev–Trinajstić information content (AvgIpc) is 2.62. The third kappa shape index (κ3) is 1.01. The van der Waals surface area contributed by atoms with Gasteiger partial charge in [-0.05, 0) is 25.2 Å². The first-order valence-corrected chi connectivity index (χ1v) is 4.75. The van der Waals surface area contributed by atoms with Crippen molar-refractivity contribution in [2.45, 2.75) is 45.3 Å². The summed E-state index contributed by atoms with van der Waals surface area (Å²) in [6, 6.07) is 0. The van der Waals surface area contributed by atoms with Gasteiger partial charge in [0.25, 0.3) is 0 Å². The topological polar surface area (TPSA) is 29.6 Å². The maximum Gasteiger partial charge on any atom is 0.167 e. The van der Waals surface area contributed by atoms with Crippen molar-refractivity contribution in [3.63, 3.8) is 0 Å². The van der Waals surface area contributed by atoms with Crippen molar-refractivity contribution in [3.05, 3.63) is 0 Å². The van der Waals surface area contributed by atoms with Gasteiger partial charge in [0.1, 0.15) is 5.60 Å². The first kappa shape index (κ1) is 8.24. The van der Waals surface area contributed by atoms with E-state index < -0.39 is 0 Å². The van der Waals surface area contributed by atoms with E-state index in [-0.39, 0.29) is 11.7 Å². The lowest BCUT2D eigenvalue weighted by Gasteiger charge is -2.24. The molecule has 3 atom stereocenters. The van der Waals surface area contributed by atoms with Crippen LogP contribution in [0.3, 0.4) is 0 Å². The number of fused-ring (bicyclic) bond motifs is 1. The Bertz CT molecular complexity index is 222. The molecule has 0 bridgehead atoms. The van der Waals surface area contributed by atoms with Gasteiger partial charge in [-0.1, -0.05) is 13.8 Å². The third-order valence-corrected chi connectivity index (χ3v) is 3.41. The smallest absolute Gasteiger partial charge is 0.167 e. The average molecular weight is 168 g/mol. The van der Waals surface area contributed by atoms with E-state index in [1.54, 1.807) is 0 Å². The summed E-state index contributed by atoms with van der Waals surface area (Å²) in [5.74, 6) is 1.48. The summed E-state index contributed by atoms with van der Waals surface area (Å²) >= 11 is 0. The van der Waals surface area contributed by atoms with E-state index in [0.717, 1.165) is 12.8 Å². The first-order chi connectivity index (χ1) is 5.54. The molecule has 1 heterocycles. The van der Waals surface area contributed by atoms with Crippen LogP contribution >= 0.6 is 0 Å². The second-order valence-electron chi connectivity index (χ2n) is 4.58. The number of hydrogen-bond donors (Lipinski definition) is 0. The van der Waals surface area contributed by atoms with Crippen molar-refractivity contribution in [3.8, 4) is 0 Å². The Morgan fingerprint density at radius 2 is 2.25 bits per heavy atom. The molecule has 68 valence electrons. The molecule has 1 saturated carbocycles. The van der Waals surface area contributed by atoms with Gasteiger partial charge < -0.3 is 4.74 Å². The van der Waals surface area contributed by atoms with Crippen molar-refractivity contribution in [1.29, 1.82) is 0 Å². The molecule has 2 nitrogen and oxygen atoms in total. The van der Waals surface area contributed by atoms with Crippen LogP contribution in [-0.4, -0.2) is 17.5 Å². The Balaban J connectivity index is 2.07. The van der Waals surface area contributed by atoms with Gasteiger partial charge in [-0.25, -0.2) is 0 Å². The first-order valence-electron chi connectivity index (χ1n) is 4.75. The van der Waals surface area contributed by atoms with Gasteiger partial charge in [0, 0.05) is 6.42 Å². The van der Waals surface area contributed by atoms with Gasteiger partial charge in [0.15, 0.2) is 5.78 Å². The zero-order chi connectivity index (χ0) is 8.93. The molecule has 0 N–H and O–H groups in total. The van der Waals surface area contributed by atoms with E-state index in [4.69, 9.17) is 4.74 Å². The molecule has 1 aliphatic carbocycles. The fourth-order valence-corrected chi connectivity index (χ4v) is 2.09. The largest absolute Gasteiger partial charge is 0.358 e. The molecule has 1 aliphatic heterocycles. The molecule has 0 aromatic heterocycles. The van der Waals surface area contributed by atoms with Gasteiger partial charge in [-0.2, -0.15) is 0 Å². The normalized spacial score (nSPS) is 46.2. The van der Waals surface area contributed by atoms with Crippen LogP contribution in [0.5, 0.6) is 0 Å². The van der Waals surface area contributed by atoms with Crippen LogP contribution in [0.2, 0.25) is 0 Å². The molecule has 2 fully saturated rings. The highest BCUT2D eigenvalue weighted by atomic mass is 16.6. The van der Waals surface area contributed by atoms with Crippen LogP contribution in [-0.2, 0) is 9.53 Å². The molecule has 0 amide bonds. The number of hydrogen-bond acceptors (Lipinski definition) is 2. The zero-order valence-electron chi connectivity index (χ0n) is 7.96. The molecular weight excluding hydrogens is 152 g/mol. The Morgan fingerprint density at radius 3 is 2.75 bits per heavy atom. The fourth-order valence-electron chi connectivity index (χ4n) is 2.09. The second kappa shape index (κ2) is 2.32. The van der Waals surface area contributed by atoms with Gasteiger partial charge in [0.05, 0.1) is 6.10 Å². The van der Waals surface area contributed by atoms with E-state index in [2.05, 4.69) is 13.8 Å². The quantitative estimate of drug-likeness (QED) is 0.558. The molecule has 2 aliphatic rings. The maximum absolute atomic E-state index is 11.5. The SMILES string of the molecule is CC(C)[C@@H]1CC(=O)[C@]2(C)OC2C1. The minimum atomic E-state index is -0.370. The highest BCUT2D eigenvalue weighted by Crippen LogP contribution is 2.48. The summed E-state index contributed by atoms with van der Waals surface area (Å²) in [4.78, 5) is 11.5. The van der Waals surface area contributed by atoms with Crippen molar-refractivity contribution in [1.82, 2.24) is 0 Å². The van der Waals surface area contributed by atoms with Crippen molar-refractivity contribution < 1.29 is 9.53 Å². The van der Waals surface area contributed by atoms with E-state index >= 15 is 0 Å². The summed E-state index contributed by atoms with van der Waals surface area (Å²) in [6.45, 7) is 6.29.